The molecule has 5 heteroatoms. The predicted molar refractivity (Wildman–Crippen MR) is 60.2 cm³/mol. The summed E-state index contributed by atoms with van der Waals surface area (Å²) >= 11 is 0. The third-order valence-electron chi connectivity index (χ3n) is 2.22. The molecule has 0 aromatic heterocycles. The highest BCUT2D eigenvalue weighted by Gasteiger charge is 2.33. The van der Waals surface area contributed by atoms with Gasteiger partial charge < -0.3 is 15.0 Å². The topological polar surface area (TPSA) is 41.6 Å². The maximum atomic E-state index is 12.5. The molecule has 0 radical (unpaired) electrons. The normalized spacial score (nSPS) is 19.2. The standard InChI is InChI=1S/C11H21FN2O2/c1-8(12)5-13-9-6-14(7-9)10(15)16-11(2,3)4/h8-9,13H,5-7H2,1-4H3. The van der Waals surface area contributed by atoms with Crippen molar-refractivity contribution in [3.8, 4) is 0 Å². The lowest BCUT2D eigenvalue weighted by Gasteiger charge is -2.40. The van der Waals surface area contributed by atoms with Crippen LogP contribution in [0.25, 0.3) is 0 Å². The van der Waals surface area contributed by atoms with Crippen molar-refractivity contribution < 1.29 is 13.9 Å². The Morgan fingerprint density at radius 1 is 1.56 bits per heavy atom. The Morgan fingerprint density at radius 2 is 2.12 bits per heavy atom. The SMILES string of the molecule is CC(F)CNC1CN(C(=O)OC(C)(C)C)C1. The van der Waals surface area contributed by atoms with Crippen molar-refractivity contribution in [2.75, 3.05) is 19.6 Å². The molecule has 1 saturated heterocycles. The molecule has 1 rings (SSSR count). The largest absolute Gasteiger partial charge is 0.444 e. The number of amides is 1. The zero-order chi connectivity index (χ0) is 12.3. The van der Waals surface area contributed by atoms with Gasteiger partial charge in [0.1, 0.15) is 11.8 Å². The number of halogens is 1. The number of carbonyl (C=O) groups excluding carboxylic acids is 1. The smallest absolute Gasteiger partial charge is 0.410 e. The molecule has 4 nitrogen and oxygen atoms in total. The summed E-state index contributed by atoms with van der Waals surface area (Å²) in [5.74, 6) is 0. The highest BCUT2D eigenvalue weighted by Crippen LogP contribution is 2.15. The van der Waals surface area contributed by atoms with E-state index in [1.54, 1.807) is 4.90 Å². The maximum Gasteiger partial charge on any atom is 0.410 e. The van der Waals surface area contributed by atoms with E-state index in [0.29, 0.717) is 19.6 Å². The van der Waals surface area contributed by atoms with Crippen LogP contribution in [0.15, 0.2) is 0 Å². The van der Waals surface area contributed by atoms with Crippen LogP contribution in [0, 0.1) is 0 Å². The van der Waals surface area contributed by atoms with Crippen molar-refractivity contribution in [3.05, 3.63) is 0 Å². The monoisotopic (exact) mass is 232 g/mol. The van der Waals surface area contributed by atoms with Crippen LogP contribution in [0.5, 0.6) is 0 Å². The number of likely N-dealkylation sites (tertiary alicyclic amines) is 1. The van der Waals surface area contributed by atoms with Crippen LogP contribution in [0.1, 0.15) is 27.7 Å². The predicted octanol–water partition coefficient (Wildman–Crippen LogP) is 1.55. The Kier molecular flexibility index (Phi) is 4.13. The van der Waals surface area contributed by atoms with Gasteiger partial charge in [0.15, 0.2) is 0 Å². The van der Waals surface area contributed by atoms with E-state index in [-0.39, 0.29) is 12.1 Å². The van der Waals surface area contributed by atoms with Gasteiger partial charge in [0, 0.05) is 25.7 Å². The van der Waals surface area contributed by atoms with E-state index in [1.165, 1.54) is 6.92 Å². The van der Waals surface area contributed by atoms with Crippen molar-refractivity contribution in [1.82, 2.24) is 10.2 Å². The van der Waals surface area contributed by atoms with Gasteiger partial charge in [-0.05, 0) is 27.7 Å². The molecule has 0 spiro atoms. The summed E-state index contributed by atoms with van der Waals surface area (Å²) in [6.45, 7) is 8.56. The summed E-state index contributed by atoms with van der Waals surface area (Å²) in [6.07, 6.45) is -1.14. The fourth-order valence-electron chi connectivity index (χ4n) is 1.41. The van der Waals surface area contributed by atoms with Gasteiger partial charge in [0.2, 0.25) is 0 Å². The Bertz CT molecular complexity index is 245. The van der Waals surface area contributed by atoms with Gasteiger partial charge >= 0.3 is 6.09 Å². The van der Waals surface area contributed by atoms with Gasteiger partial charge in [-0.1, -0.05) is 0 Å². The third-order valence-corrected chi connectivity index (χ3v) is 2.22. The fraction of sp³-hybridized carbons (Fsp3) is 0.909. The molecular formula is C11H21FN2O2. The van der Waals surface area contributed by atoms with Gasteiger partial charge in [0.25, 0.3) is 0 Å². The van der Waals surface area contributed by atoms with Crippen molar-refractivity contribution in [3.63, 3.8) is 0 Å². The average Bonchev–Trinajstić information content (AvgIpc) is 1.96. The second kappa shape index (κ2) is 4.99. The maximum absolute atomic E-state index is 12.5. The summed E-state index contributed by atoms with van der Waals surface area (Å²) in [7, 11) is 0. The molecule has 1 aliphatic heterocycles. The van der Waals surface area contributed by atoms with E-state index in [1.807, 2.05) is 20.8 Å². The average molecular weight is 232 g/mol. The molecule has 0 saturated carbocycles. The molecule has 0 bridgehead atoms. The molecule has 0 aromatic rings. The number of hydrogen-bond acceptors (Lipinski definition) is 3. The number of rotatable bonds is 3. The van der Waals surface area contributed by atoms with Crippen LogP contribution in [0.2, 0.25) is 0 Å². The molecule has 1 atom stereocenters. The Hall–Kier alpha value is -0.840. The number of nitrogens with zero attached hydrogens (tertiary/aromatic N) is 1. The molecule has 1 N–H and O–H groups in total. The summed E-state index contributed by atoms with van der Waals surface area (Å²) in [5, 5.41) is 3.04. The first-order valence-corrected chi connectivity index (χ1v) is 5.63. The zero-order valence-electron chi connectivity index (χ0n) is 10.4. The zero-order valence-corrected chi connectivity index (χ0v) is 10.4. The van der Waals surface area contributed by atoms with Gasteiger partial charge in [-0.3, -0.25) is 0 Å². The second-order valence-corrected chi connectivity index (χ2v) is 5.27. The van der Waals surface area contributed by atoms with Crippen molar-refractivity contribution in [2.24, 2.45) is 0 Å². The minimum Gasteiger partial charge on any atom is -0.444 e. The first-order valence-electron chi connectivity index (χ1n) is 5.63. The minimum absolute atomic E-state index is 0.200. The van der Waals surface area contributed by atoms with Crippen molar-refractivity contribution in [1.29, 1.82) is 0 Å². The van der Waals surface area contributed by atoms with Crippen LogP contribution in [0.3, 0.4) is 0 Å². The fourth-order valence-corrected chi connectivity index (χ4v) is 1.41. The lowest BCUT2D eigenvalue weighted by atomic mass is 10.1. The molecule has 1 aliphatic rings. The number of alkyl halides is 1. The summed E-state index contributed by atoms with van der Waals surface area (Å²) in [5.41, 5.74) is -0.455. The van der Waals surface area contributed by atoms with Gasteiger partial charge in [-0.25, -0.2) is 9.18 Å². The van der Waals surface area contributed by atoms with E-state index in [9.17, 15) is 9.18 Å². The summed E-state index contributed by atoms with van der Waals surface area (Å²) in [6, 6.07) is 0.200. The van der Waals surface area contributed by atoms with E-state index in [4.69, 9.17) is 4.74 Å². The molecule has 0 aromatic carbocycles. The van der Waals surface area contributed by atoms with Gasteiger partial charge in [-0.15, -0.1) is 0 Å². The molecule has 94 valence electrons. The lowest BCUT2D eigenvalue weighted by molar-refractivity contribution is 0.00496. The number of carbonyl (C=O) groups is 1. The van der Waals surface area contributed by atoms with Crippen molar-refractivity contribution >= 4 is 6.09 Å². The number of hydrogen-bond donors (Lipinski definition) is 1. The van der Waals surface area contributed by atoms with Crippen LogP contribution in [0.4, 0.5) is 9.18 Å². The third kappa shape index (κ3) is 4.35. The number of nitrogens with one attached hydrogen (secondary N) is 1. The van der Waals surface area contributed by atoms with E-state index in [0.717, 1.165) is 0 Å². The van der Waals surface area contributed by atoms with E-state index in [2.05, 4.69) is 5.32 Å². The quantitative estimate of drug-likeness (QED) is 0.802. The van der Waals surface area contributed by atoms with E-state index >= 15 is 0 Å². The Labute approximate surface area is 96.1 Å². The Morgan fingerprint density at radius 3 is 2.56 bits per heavy atom. The molecule has 1 amide bonds. The molecule has 16 heavy (non-hydrogen) atoms. The number of ether oxygens (including phenoxy) is 1. The first kappa shape index (κ1) is 13.2. The highest BCUT2D eigenvalue weighted by atomic mass is 19.1. The van der Waals surface area contributed by atoms with Gasteiger partial charge in [-0.2, -0.15) is 0 Å². The summed E-state index contributed by atoms with van der Waals surface area (Å²) < 4.78 is 17.7. The van der Waals surface area contributed by atoms with E-state index < -0.39 is 11.8 Å². The summed E-state index contributed by atoms with van der Waals surface area (Å²) in [4.78, 5) is 13.1. The lowest BCUT2D eigenvalue weighted by Crippen LogP contribution is -2.61. The molecular weight excluding hydrogens is 211 g/mol. The highest BCUT2D eigenvalue weighted by molar-refractivity contribution is 5.69. The first-order chi connectivity index (χ1) is 7.28. The molecule has 1 fully saturated rings. The Balaban J connectivity index is 2.18. The van der Waals surface area contributed by atoms with Crippen LogP contribution in [-0.4, -0.2) is 48.4 Å². The molecule has 0 aliphatic carbocycles. The van der Waals surface area contributed by atoms with Crippen LogP contribution < -0.4 is 5.32 Å². The minimum atomic E-state index is -0.851. The van der Waals surface area contributed by atoms with Crippen LogP contribution in [-0.2, 0) is 4.74 Å². The van der Waals surface area contributed by atoms with Crippen molar-refractivity contribution in [2.45, 2.75) is 45.5 Å². The van der Waals surface area contributed by atoms with Gasteiger partial charge in [0.05, 0.1) is 0 Å². The molecule has 1 heterocycles. The van der Waals surface area contributed by atoms with Crippen LogP contribution >= 0.6 is 0 Å². The second-order valence-electron chi connectivity index (χ2n) is 5.27. The molecule has 1 unspecified atom stereocenters.